The predicted octanol–water partition coefficient (Wildman–Crippen LogP) is 4.86. The molecule has 12 heteroatoms. The number of methoxy groups -OCH3 is 2. The number of sulfonamides is 1. The highest BCUT2D eigenvalue weighted by atomic mass is 32.2. The molecule has 0 aliphatic rings. The summed E-state index contributed by atoms with van der Waals surface area (Å²) in [5.74, 6) is 0.0191. The van der Waals surface area contributed by atoms with E-state index in [9.17, 15) is 13.2 Å². The summed E-state index contributed by atoms with van der Waals surface area (Å²) < 4.78 is 41.1. The number of anilines is 1. The Morgan fingerprint density at radius 1 is 1.00 bits per heavy atom. The van der Waals surface area contributed by atoms with Crippen LogP contribution in [0.15, 0.2) is 53.4 Å². The van der Waals surface area contributed by atoms with Crippen LogP contribution < -0.4 is 4.90 Å². The standard InChI is InChI=1S/C30H39N5O5S2/c1-21(2)26-8-7-9-27-28(26)31-30(41-27)34(14-15-35-23(4)20-22(3)32-35)29(36)24-10-12-25(13-11-24)42(37,38)33(16-18-39-5)17-19-40-6/h7-13,20-21H,14-19H2,1-6H3. The second-order valence-electron chi connectivity index (χ2n) is 10.4. The zero-order chi connectivity index (χ0) is 30.4. The van der Waals surface area contributed by atoms with Crippen LogP contribution in [0.2, 0.25) is 0 Å². The van der Waals surface area contributed by atoms with E-state index >= 15 is 0 Å². The number of hydrogen-bond donors (Lipinski definition) is 0. The minimum Gasteiger partial charge on any atom is -0.383 e. The van der Waals surface area contributed by atoms with Gasteiger partial charge >= 0.3 is 0 Å². The second kappa shape index (κ2) is 13.9. The number of hydrogen-bond acceptors (Lipinski definition) is 8. The van der Waals surface area contributed by atoms with Crippen LogP contribution in [0.1, 0.15) is 47.1 Å². The molecule has 226 valence electrons. The first-order chi connectivity index (χ1) is 20.1. The van der Waals surface area contributed by atoms with Gasteiger partial charge in [-0.15, -0.1) is 0 Å². The summed E-state index contributed by atoms with van der Waals surface area (Å²) in [5.41, 5.74) is 4.30. The third-order valence-electron chi connectivity index (χ3n) is 7.00. The fourth-order valence-electron chi connectivity index (χ4n) is 4.73. The number of carbonyl (C=O) groups is 1. The maximum absolute atomic E-state index is 14.0. The Hall–Kier alpha value is -3.16. The molecule has 2 aromatic heterocycles. The van der Waals surface area contributed by atoms with Gasteiger partial charge in [-0.3, -0.25) is 14.4 Å². The fraction of sp³-hybridized carbons (Fsp3) is 0.433. The monoisotopic (exact) mass is 613 g/mol. The van der Waals surface area contributed by atoms with Crippen molar-refractivity contribution in [3.63, 3.8) is 0 Å². The summed E-state index contributed by atoms with van der Waals surface area (Å²) in [6.45, 7) is 9.90. The Morgan fingerprint density at radius 2 is 1.67 bits per heavy atom. The number of aryl methyl sites for hydroxylation is 2. The molecule has 0 radical (unpaired) electrons. The zero-order valence-electron chi connectivity index (χ0n) is 25.0. The molecule has 1 amide bonds. The van der Waals surface area contributed by atoms with Crippen LogP contribution >= 0.6 is 11.3 Å². The number of rotatable bonds is 14. The SMILES string of the molecule is COCCN(CCOC)S(=O)(=O)c1ccc(C(=O)N(CCn2nc(C)cc2C)c2nc3c(C(C)C)cccc3s2)cc1. The smallest absolute Gasteiger partial charge is 0.260 e. The first-order valence-electron chi connectivity index (χ1n) is 13.9. The maximum Gasteiger partial charge on any atom is 0.260 e. The first-order valence-corrected chi connectivity index (χ1v) is 16.1. The van der Waals surface area contributed by atoms with E-state index in [-0.39, 0.29) is 43.0 Å². The molecule has 2 heterocycles. The summed E-state index contributed by atoms with van der Waals surface area (Å²) in [5, 5.41) is 5.15. The second-order valence-corrected chi connectivity index (χ2v) is 13.3. The molecule has 0 atom stereocenters. The molecule has 0 saturated heterocycles. The largest absolute Gasteiger partial charge is 0.383 e. The van der Waals surface area contributed by atoms with Gasteiger partial charge in [-0.1, -0.05) is 37.3 Å². The molecule has 0 saturated carbocycles. The highest BCUT2D eigenvalue weighted by Gasteiger charge is 2.26. The van der Waals surface area contributed by atoms with Crippen molar-refractivity contribution in [2.75, 3.05) is 52.0 Å². The summed E-state index contributed by atoms with van der Waals surface area (Å²) in [4.78, 5) is 20.7. The highest BCUT2D eigenvalue weighted by Crippen LogP contribution is 2.34. The van der Waals surface area contributed by atoms with Gasteiger partial charge in [0.15, 0.2) is 5.13 Å². The molecule has 42 heavy (non-hydrogen) atoms. The summed E-state index contributed by atoms with van der Waals surface area (Å²) >= 11 is 1.47. The Labute approximate surface area is 251 Å². The van der Waals surface area contributed by atoms with E-state index in [1.54, 1.807) is 17.0 Å². The van der Waals surface area contributed by atoms with Crippen molar-refractivity contribution in [1.29, 1.82) is 0 Å². The van der Waals surface area contributed by atoms with E-state index in [4.69, 9.17) is 14.5 Å². The quantitative estimate of drug-likeness (QED) is 0.200. The van der Waals surface area contributed by atoms with Crippen LogP contribution in [-0.4, -0.2) is 80.5 Å². The Kier molecular flexibility index (Phi) is 10.5. The number of amides is 1. The van der Waals surface area contributed by atoms with Crippen molar-refractivity contribution >= 4 is 42.6 Å². The summed E-state index contributed by atoms with van der Waals surface area (Å²) in [7, 11) is -0.763. The van der Waals surface area contributed by atoms with Crippen molar-refractivity contribution in [1.82, 2.24) is 19.1 Å². The normalized spacial score (nSPS) is 12.1. The number of para-hydroxylation sites is 1. The van der Waals surface area contributed by atoms with E-state index in [0.29, 0.717) is 23.8 Å². The lowest BCUT2D eigenvalue weighted by atomic mass is 10.0. The number of carbonyl (C=O) groups excluding carboxylic acids is 1. The molecule has 0 bridgehead atoms. The van der Waals surface area contributed by atoms with Gasteiger partial charge in [0.2, 0.25) is 10.0 Å². The molecule has 0 unspecified atom stereocenters. The van der Waals surface area contributed by atoms with Crippen molar-refractivity contribution in [2.24, 2.45) is 0 Å². The molecule has 4 aromatic rings. The molecule has 0 aliphatic heterocycles. The third-order valence-corrected chi connectivity index (χ3v) is 9.96. The van der Waals surface area contributed by atoms with Gasteiger partial charge < -0.3 is 9.47 Å². The third kappa shape index (κ3) is 7.07. The van der Waals surface area contributed by atoms with Gasteiger partial charge in [0, 0.05) is 45.1 Å². The molecule has 0 N–H and O–H groups in total. The van der Waals surface area contributed by atoms with Crippen LogP contribution in [0.5, 0.6) is 0 Å². The van der Waals surface area contributed by atoms with Crippen LogP contribution in [0.3, 0.4) is 0 Å². The lowest BCUT2D eigenvalue weighted by Gasteiger charge is -2.22. The molecule has 4 rings (SSSR count). The van der Waals surface area contributed by atoms with E-state index in [1.165, 1.54) is 42.0 Å². The van der Waals surface area contributed by atoms with E-state index in [0.717, 1.165) is 27.2 Å². The fourth-order valence-corrected chi connectivity index (χ4v) is 7.17. The molecule has 0 spiro atoms. The minimum atomic E-state index is -3.81. The Bertz CT molecular complexity index is 1600. The lowest BCUT2D eigenvalue weighted by molar-refractivity contribution is 0.0985. The lowest BCUT2D eigenvalue weighted by Crippen LogP contribution is -2.36. The van der Waals surface area contributed by atoms with Gasteiger partial charge in [0.25, 0.3) is 5.91 Å². The van der Waals surface area contributed by atoms with E-state index in [1.807, 2.05) is 36.7 Å². The number of ether oxygens (including phenoxy) is 2. The van der Waals surface area contributed by atoms with Crippen LogP contribution in [0, 0.1) is 13.8 Å². The van der Waals surface area contributed by atoms with Gasteiger partial charge in [-0.25, -0.2) is 13.4 Å². The molecular weight excluding hydrogens is 574 g/mol. The van der Waals surface area contributed by atoms with Crippen LogP contribution in [0.25, 0.3) is 10.2 Å². The number of thiazole rings is 1. The minimum absolute atomic E-state index is 0.0991. The number of nitrogens with zero attached hydrogens (tertiary/aromatic N) is 5. The summed E-state index contributed by atoms with van der Waals surface area (Å²) in [6, 6.07) is 14.2. The molecule has 0 fully saturated rings. The van der Waals surface area contributed by atoms with Gasteiger partial charge in [0.05, 0.1) is 40.6 Å². The summed E-state index contributed by atoms with van der Waals surface area (Å²) in [6.07, 6.45) is 0. The van der Waals surface area contributed by atoms with E-state index in [2.05, 4.69) is 25.0 Å². The van der Waals surface area contributed by atoms with Crippen molar-refractivity contribution in [3.8, 4) is 0 Å². The first kappa shape index (κ1) is 31.8. The molecule has 10 nitrogen and oxygen atoms in total. The molecule has 2 aromatic carbocycles. The Morgan fingerprint density at radius 3 is 2.24 bits per heavy atom. The topological polar surface area (TPSA) is 107 Å². The van der Waals surface area contributed by atoms with Crippen molar-refractivity contribution in [3.05, 3.63) is 71.0 Å². The van der Waals surface area contributed by atoms with Crippen LogP contribution in [-0.2, 0) is 26.0 Å². The average Bonchev–Trinajstić information content (AvgIpc) is 3.54. The van der Waals surface area contributed by atoms with Crippen molar-refractivity contribution < 1.29 is 22.7 Å². The van der Waals surface area contributed by atoms with Crippen LogP contribution in [0.4, 0.5) is 5.13 Å². The zero-order valence-corrected chi connectivity index (χ0v) is 26.7. The van der Waals surface area contributed by atoms with Crippen molar-refractivity contribution in [2.45, 2.75) is 45.1 Å². The van der Waals surface area contributed by atoms with E-state index < -0.39 is 10.0 Å². The van der Waals surface area contributed by atoms with Gasteiger partial charge in [-0.2, -0.15) is 9.40 Å². The predicted molar refractivity (Wildman–Crippen MR) is 166 cm³/mol. The Balaban J connectivity index is 1.67. The molecule has 0 aliphatic carbocycles. The molecular formula is C30H39N5O5S2. The number of fused-ring (bicyclic) bond motifs is 1. The van der Waals surface area contributed by atoms with Gasteiger partial charge in [0.1, 0.15) is 0 Å². The maximum atomic E-state index is 14.0. The average molecular weight is 614 g/mol. The highest BCUT2D eigenvalue weighted by molar-refractivity contribution is 7.89. The number of benzene rings is 2. The number of aromatic nitrogens is 3. The van der Waals surface area contributed by atoms with Gasteiger partial charge in [-0.05, 0) is 61.7 Å².